The number of hydrogen-bond donors (Lipinski definition) is 2. The molecule has 2 N–H and O–H groups in total. The van der Waals surface area contributed by atoms with E-state index < -0.39 is 17.8 Å². The molecule has 0 aliphatic heterocycles. The third-order valence-corrected chi connectivity index (χ3v) is 4.47. The van der Waals surface area contributed by atoms with E-state index in [1.807, 2.05) is 30.3 Å². The fraction of sp³-hybridized carbons (Fsp3) is 0.0526. The van der Waals surface area contributed by atoms with Gasteiger partial charge in [0.1, 0.15) is 5.01 Å². The lowest BCUT2D eigenvalue weighted by atomic mass is 10.1. The number of anilines is 1. The SMILES string of the molecule is COC(=O)c1ccc(/C=N\NC(=O)C(=O)Nc2nnc(-c3ccccc3)s2)cc1. The Bertz CT molecular complexity index is 1050. The number of methoxy groups -OCH3 is 1. The first-order valence-corrected chi connectivity index (χ1v) is 9.10. The van der Waals surface area contributed by atoms with Crippen LogP contribution in [0.15, 0.2) is 59.7 Å². The van der Waals surface area contributed by atoms with Crippen LogP contribution in [0.25, 0.3) is 10.6 Å². The minimum Gasteiger partial charge on any atom is -0.465 e. The molecular weight excluding hydrogens is 394 g/mol. The predicted octanol–water partition coefficient (Wildman–Crippen LogP) is 2.08. The predicted molar refractivity (Wildman–Crippen MR) is 107 cm³/mol. The highest BCUT2D eigenvalue weighted by molar-refractivity contribution is 7.18. The number of hydrazone groups is 1. The lowest BCUT2D eigenvalue weighted by Crippen LogP contribution is -2.32. The number of rotatable bonds is 5. The molecular formula is C19H15N5O4S. The highest BCUT2D eigenvalue weighted by Gasteiger charge is 2.16. The maximum atomic E-state index is 11.9. The highest BCUT2D eigenvalue weighted by Crippen LogP contribution is 2.25. The van der Waals surface area contributed by atoms with E-state index in [1.165, 1.54) is 13.3 Å². The van der Waals surface area contributed by atoms with Gasteiger partial charge in [0.25, 0.3) is 0 Å². The van der Waals surface area contributed by atoms with Gasteiger partial charge in [0.05, 0.1) is 18.9 Å². The monoisotopic (exact) mass is 409 g/mol. The van der Waals surface area contributed by atoms with E-state index in [1.54, 1.807) is 24.3 Å². The van der Waals surface area contributed by atoms with Crippen molar-refractivity contribution in [2.45, 2.75) is 0 Å². The molecule has 2 amide bonds. The van der Waals surface area contributed by atoms with E-state index in [4.69, 9.17) is 0 Å². The van der Waals surface area contributed by atoms with Crippen molar-refractivity contribution < 1.29 is 19.1 Å². The number of amides is 2. The Morgan fingerprint density at radius 2 is 1.72 bits per heavy atom. The van der Waals surface area contributed by atoms with Gasteiger partial charge in [0.15, 0.2) is 0 Å². The summed E-state index contributed by atoms with van der Waals surface area (Å²) in [6.45, 7) is 0. The van der Waals surface area contributed by atoms with Crippen LogP contribution in [0.5, 0.6) is 0 Å². The van der Waals surface area contributed by atoms with Gasteiger partial charge in [-0.15, -0.1) is 10.2 Å². The lowest BCUT2D eigenvalue weighted by molar-refractivity contribution is -0.136. The van der Waals surface area contributed by atoms with Gasteiger partial charge in [-0.1, -0.05) is 53.8 Å². The van der Waals surface area contributed by atoms with E-state index in [9.17, 15) is 14.4 Å². The molecule has 146 valence electrons. The summed E-state index contributed by atoms with van der Waals surface area (Å²) in [6, 6.07) is 15.7. The number of benzene rings is 2. The molecule has 0 saturated heterocycles. The molecule has 0 aliphatic rings. The largest absolute Gasteiger partial charge is 0.465 e. The zero-order valence-corrected chi connectivity index (χ0v) is 16.0. The van der Waals surface area contributed by atoms with Gasteiger partial charge in [-0.25, -0.2) is 10.2 Å². The molecule has 3 aromatic rings. The first kappa shape index (κ1) is 19.8. The van der Waals surface area contributed by atoms with Crippen LogP contribution in [-0.2, 0) is 14.3 Å². The van der Waals surface area contributed by atoms with E-state index in [0.717, 1.165) is 16.9 Å². The van der Waals surface area contributed by atoms with Gasteiger partial charge < -0.3 is 4.74 Å². The van der Waals surface area contributed by atoms with Crippen molar-refractivity contribution in [2.24, 2.45) is 5.10 Å². The van der Waals surface area contributed by atoms with Gasteiger partial charge in [0, 0.05) is 5.56 Å². The average molecular weight is 409 g/mol. The smallest absolute Gasteiger partial charge is 0.337 e. The molecule has 9 nitrogen and oxygen atoms in total. The molecule has 0 saturated carbocycles. The maximum absolute atomic E-state index is 11.9. The molecule has 2 aromatic carbocycles. The van der Waals surface area contributed by atoms with E-state index in [-0.39, 0.29) is 5.13 Å². The third kappa shape index (κ3) is 5.30. The summed E-state index contributed by atoms with van der Waals surface area (Å²) >= 11 is 1.15. The second kappa shape index (κ2) is 9.33. The molecule has 0 fully saturated rings. The number of ether oxygens (including phenoxy) is 1. The average Bonchev–Trinajstić information content (AvgIpc) is 3.22. The Kier molecular flexibility index (Phi) is 6.38. The van der Waals surface area contributed by atoms with Crippen molar-refractivity contribution in [3.8, 4) is 10.6 Å². The van der Waals surface area contributed by atoms with Gasteiger partial charge >= 0.3 is 17.8 Å². The summed E-state index contributed by atoms with van der Waals surface area (Å²) in [4.78, 5) is 35.2. The van der Waals surface area contributed by atoms with Crippen molar-refractivity contribution in [1.29, 1.82) is 0 Å². The van der Waals surface area contributed by atoms with Crippen LogP contribution in [0.4, 0.5) is 5.13 Å². The molecule has 1 aromatic heterocycles. The second-order valence-corrected chi connectivity index (χ2v) is 6.52. The molecule has 10 heteroatoms. The number of aromatic nitrogens is 2. The van der Waals surface area contributed by atoms with Crippen LogP contribution in [-0.4, -0.2) is 41.3 Å². The number of nitrogens with one attached hydrogen (secondary N) is 2. The van der Waals surface area contributed by atoms with Crippen LogP contribution < -0.4 is 10.7 Å². The number of esters is 1. The Morgan fingerprint density at radius 1 is 1.00 bits per heavy atom. The molecule has 0 atom stereocenters. The summed E-state index contributed by atoms with van der Waals surface area (Å²) in [5.74, 6) is -2.33. The summed E-state index contributed by atoms with van der Waals surface area (Å²) < 4.78 is 4.61. The number of nitrogens with zero attached hydrogens (tertiary/aromatic N) is 3. The number of hydrogen-bond acceptors (Lipinski definition) is 8. The van der Waals surface area contributed by atoms with E-state index >= 15 is 0 Å². The summed E-state index contributed by atoms with van der Waals surface area (Å²) in [6.07, 6.45) is 1.34. The first-order valence-electron chi connectivity index (χ1n) is 8.28. The standard InChI is InChI=1S/C19H15N5O4S/c1-28-18(27)14-9-7-12(8-10-14)11-20-22-16(26)15(25)21-19-24-23-17(29-19)13-5-3-2-4-6-13/h2-11H,1H3,(H,22,26)(H,21,24,25)/b20-11-. The summed E-state index contributed by atoms with van der Waals surface area (Å²) in [5, 5.41) is 14.8. The fourth-order valence-electron chi connectivity index (χ4n) is 2.16. The summed E-state index contributed by atoms with van der Waals surface area (Å²) in [7, 11) is 1.29. The molecule has 0 aliphatic carbocycles. The Balaban J connectivity index is 1.53. The first-order chi connectivity index (χ1) is 14.1. The topological polar surface area (TPSA) is 123 Å². The van der Waals surface area contributed by atoms with Gasteiger partial charge in [0.2, 0.25) is 5.13 Å². The van der Waals surface area contributed by atoms with Gasteiger partial charge in [-0.2, -0.15) is 5.10 Å². The second-order valence-electron chi connectivity index (χ2n) is 5.55. The molecule has 0 unspecified atom stereocenters. The fourth-order valence-corrected chi connectivity index (χ4v) is 2.91. The van der Waals surface area contributed by atoms with Gasteiger partial charge in [-0.3, -0.25) is 14.9 Å². The quantitative estimate of drug-likeness (QED) is 0.288. The molecule has 0 radical (unpaired) electrons. The highest BCUT2D eigenvalue weighted by atomic mass is 32.1. The third-order valence-electron chi connectivity index (χ3n) is 3.58. The Hall–Kier alpha value is -3.92. The Labute approximate surface area is 169 Å². The molecule has 0 spiro atoms. The van der Waals surface area contributed by atoms with Crippen molar-refractivity contribution in [3.05, 3.63) is 65.7 Å². The normalized spacial score (nSPS) is 10.5. The van der Waals surface area contributed by atoms with E-state index in [2.05, 4.69) is 30.8 Å². The molecule has 3 rings (SSSR count). The minimum absolute atomic E-state index is 0.200. The maximum Gasteiger partial charge on any atom is 0.337 e. The summed E-state index contributed by atoms with van der Waals surface area (Å²) in [5.41, 5.74) is 3.99. The van der Waals surface area contributed by atoms with Crippen LogP contribution >= 0.6 is 11.3 Å². The van der Waals surface area contributed by atoms with Crippen LogP contribution in [0.2, 0.25) is 0 Å². The number of carbonyl (C=O) groups is 3. The lowest BCUT2D eigenvalue weighted by Gasteiger charge is -2.00. The minimum atomic E-state index is -0.955. The van der Waals surface area contributed by atoms with Gasteiger partial charge in [-0.05, 0) is 17.7 Å². The van der Waals surface area contributed by atoms with Crippen molar-refractivity contribution in [2.75, 3.05) is 12.4 Å². The molecule has 0 bridgehead atoms. The van der Waals surface area contributed by atoms with Crippen molar-refractivity contribution in [1.82, 2.24) is 15.6 Å². The van der Waals surface area contributed by atoms with Crippen LogP contribution in [0, 0.1) is 0 Å². The zero-order valence-electron chi connectivity index (χ0n) is 15.2. The Morgan fingerprint density at radius 3 is 2.41 bits per heavy atom. The molecule has 29 heavy (non-hydrogen) atoms. The zero-order chi connectivity index (χ0) is 20.6. The van der Waals surface area contributed by atoms with Crippen molar-refractivity contribution in [3.63, 3.8) is 0 Å². The van der Waals surface area contributed by atoms with Crippen molar-refractivity contribution >= 4 is 40.5 Å². The van der Waals surface area contributed by atoms with Crippen LogP contribution in [0.1, 0.15) is 15.9 Å². The van der Waals surface area contributed by atoms with E-state index in [0.29, 0.717) is 16.1 Å². The number of carbonyl (C=O) groups excluding carboxylic acids is 3. The molecule has 1 heterocycles. The van der Waals surface area contributed by atoms with Crippen LogP contribution in [0.3, 0.4) is 0 Å².